The third-order valence-electron chi connectivity index (χ3n) is 4.10. The summed E-state index contributed by atoms with van der Waals surface area (Å²) in [5.74, 6) is 3.01. The summed E-state index contributed by atoms with van der Waals surface area (Å²) in [6.07, 6.45) is 11.8. The molecule has 0 spiro atoms. The van der Waals surface area contributed by atoms with Crippen molar-refractivity contribution in [3.8, 4) is 0 Å². The minimum atomic E-state index is 0.977. The van der Waals surface area contributed by atoms with E-state index in [-0.39, 0.29) is 0 Å². The second-order valence-corrected chi connectivity index (χ2v) is 5.49. The molecule has 0 nitrogen and oxygen atoms in total. The molecule has 1 aliphatic rings. The SMILES string of the molecule is CCCC(C)C1CCCCC(C)CC1. The standard InChI is InChI=1S/C14H28/c1-4-7-13(3)14-9-6-5-8-12(2)10-11-14/h12-14H,4-11H2,1-3H3. The van der Waals surface area contributed by atoms with Gasteiger partial charge in [0.15, 0.2) is 0 Å². The zero-order chi connectivity index (χ0) is 10.4. The van der Waals surface area contributed by atoms with Crippen LogP contribution >= 0.6 is 0 Å². The van der Waals surface area contributed by atoms with Crippen molar-refractivity contribution < 1.29 is 0 Å². The molecule has 1 fully saturated rings. The van der Waals surface area contributed by atoms with Crippen molar-refractivity contribution in [1.82, 2.24) is 0 Å². The van der Waals surface area contributed by atoms with Crippen LogP contribution in [0, 0.1) is 17.8 Å². The van der Waals surface area contributed by atoms with Crippen molar-refractivity contribution in [2.45, 2.75) is 72.1 Å². The molecule has 1 saturated carbocycles. The van der Waals surface area contributed by atoms with Gasteiger partial charge in [-0.3, -0.25) is 0 Å². The second-order valence-electron chi connectivity index (χ2n) is 5.49. The van der Waals surface area contributed by atoms with Crippen LogP contribution in [-0.4, -0.2) is 0 Å². The smallest absolute Gasteiger partial charge is 0.0388 e. The van der Waals surface area contributed by atoms with Crippen LogP contribution in [0.25, 0.3) is 0 Å². The van der Waals surface area contributed by atoms with Crippen LogP contribution < -0.4 is 0 Å². The zero-order valence-corrected chi connectivity index (χ0v) is 10.4. The van der Waals surface area contributed by atoms with Crippen LogP contribution in [0.1, 0.15) is 72.1 Å². The van der Waals surface area contributed by atoms with Gasteiger partial charge in [0.2, 0.25) is 0 Å². The van der Waals surface area contributed by atoms with Crippen molar-refractivity contribution in [2.24, 2.45) is 17.8 Å². The largest absolute Gasteiger partial charge is 0.0654 e. The maximum Gasteiger partial charge on any atom is -0.0388 e. The minimum Gasteiger partial charge on any atom is -0.0654 e. The van der Waals surface area contributed by atoms with E-state index in [2.05, 4.69) is 20.8 Å². The number of hydrogen-bond acceptors (Lipinski definition) is 0. The van der Waals surface area contributed by atoms with Gasteiger partial charge in [-0.2, -0.15) is 0 Å². The molecule has 0 aromatic carbocycles. The Labute approximate surface area is 90.5 Å². The molecule has 0 radical (unpaired) electrons. The first-order valence-corrected chi connectivity index (χ1v) is 6.74. The van der Waals surface area contributed by atoms with Crippen LogP contribution in [0.4, 0.5) is 0 Å². The van der Waals surface area contributed by atoms with Crippen molar-refractivity contribution in [3.05, 3.63) is 0 Å². The third-order valence-corrected chi connectivity index (χ3v) is 4.10. The van der Waals surface area contributed by atoms with Gasteiger partial charge in [-0.1, -0.05) is 65.7 Å². The predicted molar refractivity (Wildman–Crippen MR) is 64.4 cm³/mol. The molecular formula is C14H28. The van der Waals surface area contributed by atoms with Crippen molar-refractivity contribution in [1.29, 1.82) is 0 Å². The molecule has 0 heteroatoms. The van der Waals surface area contributed by atoms with Gasteiger partial charge < -0.3 is 0 Å². The Bertz CT molecular complexity index is 139. The molecule has 1 aliphatic carbocycles. The van der Waals surface area contributed by atoms with Gasteiger partial charge in [0, 0.05) is 0 Å². The first-order valence-electron chi connectivity index (χ1n) is 6.74. The van der Waals surface area contributed by atoms with E-state index in [0.29, 0.717) is 0 Å². The molecule has 0 saturated heterocycles. The molecule has 0 aromatic rings. The third kappa shape index (κ3) is 4.02. The maximum absolute atomic E-state index is 2.47. The normalized spacial score (nSPS) is 31.9. The van der Waals surface area contributed by atoms with Crippen molar-refractivity contribution in [3.63, 3.8) is 0 Å². The molecule has 3 atom stereocenters. The van der Waals surface area contributed by atoms with Gasteiger partial charge in [0.1, 0.15) is 0 Å². The Hall–Kier alpha value is 0. The fourth-order valence-corrected chi connectivity index (χ4v) is 2.95. The fraction of sp³-hybridized carbons (Fsp3) is 1.00. The molecule has 0 heterocycles. The monoisotopic (exact) mass is 196 g/mol. The molecule has 3 unspecified atom stereocenters. The van der Waals surface area contributed by atoms with Gasteiger partial charge in [0.25, 0.3) is 0 Å². The highest BCUT2D eigenvalue weighted by Crippen LogP contribution is 2.32. The van der Waals surface area contributed by atoms with Gasteiger partial charge >= 0.3 is 0 Å². The average Bonchev–Trinajstić information content (AvgIpc) is 2.12. The Kier molecular flexibility index (Phi) is 5.59. The quantitative estimate of drug-likeness (QED) is 0.594. The summed E-state index contributed by atoms with van der Waals surface area (Å²) < 4.78 is 0. The topological polar surface area (TPSA) is 0 Å². The van der Waals surface area contributed by atoms with E-state index in [0.717, 1.165) is 17.8 Å². The number of rotatable bonds is 3. The summed E-state index contributed by atoms with van der Waals surface area (Å²) in [6, 6.07) is 0. The molecule has 0 N–H and O–H groups in total. The Morgan fingerprint density at radius 2 is 1.79 bits per heavy atom. The highest BCUT2D eigenvalue weighted by molar-refractivity contribution is 4.71. The summed E-state index contributed by atoms with van der Waals surface area (Å²) >= 11 is 0. The van der Waals surface area contributed by atoms with Crippen LogP contribution in [0.5, 0.6) is 0 Å². The maximum atomic E-state index is 2.47. The highest BCUT2D eigenvalue weighted by Gasteiger charge is 2.19. The van der Waals surface area contributed by atoms with Crippen LogP contribution in [-0.2, 0) is 0 Å². The molecular weight excluding hydrogens is 168 g/mol. The summed E-state index contributed by atoms with van der Waals surface area (Å²) in [5, 5.41) is 0. The molecule has 1 rings (SSSR count). The van der Waals surface area contributed by atoms with Crippen LogP contribution in [0.15, 0.2) is 0 Å². The summed E-state index contributed by atoms with van der Waals surface area (Å²) in [4.78, 5) is 0. The fourth-order valence-electron chi connectivity index (χ4n) is 2.95. The van der Waals surface area contributed by atoms with E-state index >= 15 is 0 Å². The number of hydrogen-bond donors (Lipinski definition) is 0. The lowest BCUT2D eigenvalue weighted by molar-refractivity contribution is 0.245. The Balaban J connectivity index is 2.34. The predicted octanol–water partition coefficient (Wildman–Crippen LogP) is 5.03. The molecule has 0 bridgehead atoms. The van der Waals surface area contributed by atoms with E-state index in [4.69, 9.17) is 0 Å². The molecule has 14 heavy (non-hydrogen) atoms. The van der Waals surface area contributed by atoms with E-state index in [1.807, 2.05) is 0 Å². The summed E-state index contributed by atoms with van der Waals surface area (Å²) in [7, 11) is 0. The van der Waals surface area contributed by atoms with E-state index < -0.39 is 0 Å². The molecule has 0 aliphatic heterocycles. The van der Waals surface area contributed by atoms with E-state index in [1.54, 1.807) is 0 Å². The van der Waals surface area contributed by atoms with Gasteiger partial charge in [-0.25, -0.2) is 0 Å². The van der Waals surface area contributed by atoms with Gasteiger partial charge in [-0.05, 0) is 24.2 Å². The Morgan fingerprint density at radius 1 is 1.07 bits per heavy atom. The minimum absolute atomic E-state index is 0.977. The summed E-state index contributed by atoms with van der Waals surface area (Å²) in [5.41, 5.74) is 0. The van der Waals surface area contributed by atoms with E-state index in [9.17, 15) is 0 Å². The average molecular weight is 196 g/mol. The lowest BCUT2D eigenvalue weighted by Crippen LogP contribution is -2.15. The van der Waals surface area contributed by atoms with Crippen LogP contribution in [0.2, 0.25) is 0 Å². The molecule has 84 valence electrons. The molecule has 0 aromatic heterocycles. The van der Waals surface area contributed by atoms with E-state index in [1.165, 1.54) is 51.4 Å². The van der Waals surface area contributed by atoms with Crippen molar-refractivity contribution >= 4 is 0 Å². The Morgan fingerprint density at radius 3 is 2.50 bits per heavy atom. The van der Waals surface area contributed by atoms with Crippen molar-refractivity contribution in [2.75, 3.05) is 0 Å². The first kappa shape index (κ1) is 12.1. The summed E-state index contributed by atoms with van der Waals surface area (Å²) in [6.45, 7) is 7.23. The highest BCUT2D eigenvalue weighted by atomic mass is 14.2. The first-order chi connectivity index (χ1) is 6.74. The second kappa shape index (κ2) is 6.48. The van der Waals surface area contributed by atoms with Crippen LogP contribution in [0.3, 0.4) is 0 Å². The van der Waals surface area contributed by atoms with Gasteiger partial charge in [-0.15, -0.1) is 0 Å². The lowest BCUT2D eigenvalue weighted by Gasteiger charge is -2.27. The lowest BCUT2D eigenvalue weighted by atomic mass is 9.79. The zero-order valence-electron chi connectivity index (χ0n) is 10.4. The van der Waals surface area contributed by atoms with Gasteiger partial charge in [0.05, 0.1) is 0 Å². The molecule has 0 amide bonds.